The first-order chi connectivity index (χ1) is 15.9. The number of rotatable bonds is 6. The number of carbonyl (C=O) groups is 1. The number of nitrogens with zero attached hydrogens (tertiary/aromatic N) is 3. The SMILES string of the molecule is COc1ccc(Cl)cc1N1CCN2c3ccc([N+](=O)[O-])cc3C[C@@H](C(=O)NCC3CC3)[C@@H]2C1. The van der Waals surface area contributed by atoms with Gasteiger partial charge in [-0.1, -0.05) is 11.6 Å². The van der Waals surface area contributed by atoms with Gasteiger partial charge in [-0.25, -0.2) is 0 Å². The van der Waals surface area contributed by atoms with Crippen LogP contribution in [0.25, 0.3) is 0 Å². The van der Waals surface area contributed by atoms with E-state index in [4.69, 9.17) is 16.3 Å². The maximum absolute atomic E-state index is 13.3. The summed E-state index contributed by atoms with van der Waals surface area (Å²) in [6, 6.07) is 10.5. The Morgan fingerprint density at radius 2 is 2.03 bits per heavy atom. The summed E-state index contributed by atoms with van der Waals surface area (Å²) >= 11 is 6.28. The zero-order valence-corrected chi connectivity index (χ0v) is 19.3. The lowest BCUT2D eigenvalue weighted by molar-refractivity contribution is -0.384. The number of piperazine rings is 1. The topological polar surface area (TPSA) is 87.9 Å². The van der Waals surface area contributed by atoms with Crippen LogP contribution in [-0.4, -0.2) is 50.2 Å². The Morgan fingerprint density at radius 1 is 1.21 bits per heavy atom. The molecule has 1 amide bonds. The summed E-state index contributed by atoms with van der Waals surface area (Å²) in [5, 5.41) is 15.1. The maximum Gasteiger partial charge on any atom is 0.269 e. The van der Waals surface area contributed by atoms with Crippen LogP contribution in [0.2, 0.25) is 5.02 Å². The number of hydrogen-bond acceptors (Lipinski definition) is 6. The summed E-state index contributed by atoms with van der Waals surface area (Å²) < 4.78 is 5.57. The van der Waals surface area contributed by atoms with Crippen LogP contribution in [-0.2, 0) is 11.2 Å². The molecule has 5 rings (SSSR count). The maximum atomic E-state index is 13.3. The third-order valence-corrected chi connectivity index (χ3v) is 7.22. The predicted octanol–water partition coefficient (Wildman–Crippen LogP) is 3.65. The normalized spacial score (nSPS) is 21.8. The zero-order valence-electron chi connectivity index (χ0n) is 18.5. The van der Waals surface area contributed by atoms with E-state index in [1.807, 2.05) is 18.2 Å². The lowest BCUT2D eigenvalue weighted by Gasteiger charge is -2.49. The van der Waals surface area contributed by atoms with E-state index >= 15 is 0 Å². The van der Waals surface area contributed by atoms with Crippen LogP contribution in [0.1, 0.15) is 18.4 Å². The molecule has 0 radical (unpaired) electrons. The second kappa shape index (κ2) is 8.74. The van der Waals surface area contributed by atoms with Crippen molar-refractivity contribution in [2.45, 2.75) is 25.3 Å². The molecule has 33 heavy (non-hydrogen) atoms. The number of fused-ring (bicyclic) bond motifs is 3. The number of nitro benzene ring substituents is 1. The molecule has 0 unspecified atom stereocenters. The molecule has 2 aliphatic heterocycles. The number of amides is 1. The minimum atomic E-state index is -0.377. The molecule has 2 aromatic carbocycles. The first-order valence-electron chi connectivity index (χ1n) is 11.3. The van der Waals surface area contributed by atoms with Crippen LogP contribution >= 0.6 is 11.6 Å². The van der Waals surface area contributed by atoms with Gasteiger partial charge >= 0.3 is 0 Å². The fraction of sp³-hybridized carbons (Fsp3) is 0.458. The van der Waals surface area contributed by atoms with Crippen molar-refractivity contribution in [2.75, 3.05) is 43.1 Å². The molecule has 1 saturated carbocycles. The number of halogens is 1. The van der Waals surface area contributed by atoms with Crippen molar-refractivity contribution in [2.24, 2.45) is 11.8 Å². The Bertz CT molecular complexity index is 1090. The lowest BCUT2D eigenvalue weighted by Crippen LogP contribution is -2.61. The molecule has 8 nitrogen and oxygen atoms in total. The van der Waals surface area contributed by atoms with E-state index in [-0.39, 0.29) is 28.5 Å². The van der Waals surface area contributed by atoms with E-state index in [1.54, 1.807) is 25.3 Å². The number of nitrogens with one attached hydrogen (secondary N) is 1. The van der Waals surface area contributed by atoms with E-state index in [9.17, 15) is 14.9 Å². The average molecular weight is 471 g/mol. The van der Waals surface area contributed by atoms with E-state index in [0.29, 0.717) is 37.0 Å². The Balaban J connectivity index is 1.47. The zero-order chi connectivity index (χ0) is 23.1. The first kappa shape index (κ1) is 21.8. The van der Waals surface area contributed by atoms with Crippen molar-refractivity contribution in [1.82, 2.24) is 5.32 Å². The molecule has 2 atom stereocenters. The van der Waals surface area contributed by atoms with Gasteiger partial charge in [0.25, 0.3) is 5.69 Å². The van der Waals surface area contributed by atoms with E-state index in [2.05, 4.69) is 15.1 Å². The Hall–Kier alpha value is -3.00. The molecule has 1 aliphatic carbocycles. The van der Waals surface area contributed by atoms with Gasteiger partial charge in [-0.2, -0.15) is 0 Å². The lowest BCUT2D eigenvalue weighted by atomic mass is 9.83. The van der Waals surface area contributed by atoms with Crippen LogP contribution in [0.3, 0.4) is 0 Å². The van der Waals surface area contributed by atoms with Gasteiger partial charge in [-0.3, -0.25) is 14.9 Å². The number of hydrogen-bond donors (Lipinski definition) is 1. The van der Waals surface area contributed by atoms with Crippen LogP contribution < -0.4 is 19.9 Å². The number of anilines is 2. The van der Waals surface area contributed by atoms with Crippen LogP contribution in [0, 0.1) is 22.0 Å². The monoisotopic (exact) mass is 470 g/mol. The van der Waals surface area contributed by atoms with Gasteiger partial charge in [0.05, 0.1) is 29.7 Å². The molecule has 3 aliphatic rings. The van der Waals surface area contributed by atoms with Crippen molar-refractivity contribution in [3.63, 3.8) is 0 Å². The van der Waals surface area contributed by atoms with Crippen molar-refractivity contribution in [3.05, 3.63) is 57.1 Å². The molecule has 1 saturated heterocycles. The molecule has 9 heteroatoms. The van der Waals surface area contributed by atoms with Gasteiger partial charge < -0.3 is 19.9 Å². The summed E-state index contributed by atoms with van der Waals surface area (Å²) in [6.07, 6.45) is 2.81. The van der Waals surface area contributed by atoms with Crippen molar-refractivity contribution in [1.29, 1.82) is 0 Å². The number of nitro groups is 1. The minimum Gasteiger partial charge on any atom is -0.495 e. The molecular formula is C24H27ClN4O4. The molecule has 2 fully saturated rings. The fourth-order valence-corrected chi connectivity index (χ4v) is 5.22. The Labute approximate surface area is 197 Å². The highest BCUT2D eigenvalue weighted by atomic mass is 35.5. The number of methoxy groups -OCH3 is 1. The summed E-state index contributed by atoms with van der Waals surface area (Å²) in [5.74, 6) is 1.05. The summed E-state index contributed by atoms with van der Waals surface area (Å²) in [7, 11) is 1.64. The second-order valence-electron chi connectivity index (χ2n) is 9.09. The summed E-state index contributed by atoms with van der Waals surface area (Å²) in [6.45, 7) is 2.75. The quantitative estimate of drug-likeness (QED) is 0.512. The number of non-ortho nitro benzene ring substituents is 1. The predicted molar refractivity (Wildman–Crippen MR) is 127 cm³/mol. The van der Waals surface area contributed by atoms with Gasteiger partial charge in [-0.05, 0) is 55.0 Å². The van der Waals surface area contributed by atoms with E-state index in [1.165, 1.54) is 0 Å². The Morgan fingerprint density at radius 3 is 2.76 bits per heavy atom. The standard InChI is InChI=1S/C24H27ClN4O4/c1-33-23-7-4-17(25)12-21(23)27-8-9-28-20-6-5-18(29(31)32)10-16(20)11-19(22(28)14-27)24(30)26-13-15-2-3-15/h4-7,10,12,15,19,22H,2-3,8-9,11,13-14H2,1H3,(H,26,30)/t19-,22+/m1/s1. The largest absolute Gasteiger partial charge is 0.495 e. The van der Waals surface area contributed by atoms with Gasteiger partial charge in [0.2, 0.25) is 5.91 Å². The average Bonchev–Trinajstić information content (AvgIpc) is 3.65. The summed E-state index contributed by atoms with van der Waals surface area (Å²) in [5.41, 5.74) is 2.82. The highest BCUT2D eigenvalue weighted by molar-refractivity contribution is 6.31. The number of carbonyl (C=O) groups excluding carboxylic acids is 1. The molecule has 0 spiro atoms. The van der Waals surface area contributed by atoms with Crippen molar-refractivity contribution in [3.8, 4) is 5.75 Å². The van der Waals surface area contributed by atoms with Crippen LogP contribution in [0.4, 0.5) is 17.1 Å². The molecule has 1 N–H and O–H groups in total. The Kier molecular flexibility index (Phi) is 5.78. The summed E-state index contributed by atoms with van der Waals surface area (Å²) in [4.78, 5) is 28.7. The third-order valence-electron chi connectivity index (χ3n) is 6.99. The van der Waals surface area contributed by atoms with Crippen molar-refractivity contribution >= 4 is 34.6 Å². The molecule has 2 heterocycles. The van der Waals surface area contributed by atoms with E-state index in [0.717, 1.165) is 42.1 Å². The fourth-order valence-electron chi connectivity index (χ4n) is 5.05. The van der Waals surface area contributed by atoms with E-state index < -0.39 is 0 Å². The molecule has 2 aromatic rings. The van der Waals surface area contributed by atoms with Crippen LogP contribution in [0.15, 0.2) is 36.4 Å². The number of benzene rings is 2. The minimum absolute atomic E-state index is 0.0222. The molecule has 174 valence electrons. The van der Waals surface area contributed by atoms with Crippen molar-refractivity contribution < 1.29 is 14.5 Å². The molecule has 0 bridgehead atoms. The molecular weight excluding hydrogens is 444 g/mol. The van der Waals surface area contributed by atoms with Gasteiger partial charge in [0.1, 0.15) is 5.75 Å². The number of ether oxygens (including phenoxy) is 1. The highest BCUT2D eigenvalue weighted by Gasteiger charge is 2.42. The van der Waals surface area contributed by atoms with Crippen LogP contribution in [0.5, 0.6) is 5.75 Å². The second-order valence-corrected chi connectivity index (χ2v) is 9.53. The highest BCUT2D eigenvalue weighted by Crippen LogP contribution is 2.40. The van der Waals surface area contributed by atoms with Gasteiger partial charge in [-0.15, -0.1) is 0 Å². The van der Waals surface area contributed by atoms with Gasteiger partial charge in [0, 0.05) is 49.0 Å². The smallest absolute Gasteiger partial charge is 0.269 e. The first-order valence-corrected chi connectivity index (χ1v) is 11.7. The third kappa shape index (κ3) is 4.31. The van der Waals surface area contributed by atoms with Gasteiger partial charge in [0.15, 0.2) is 0 Å². The molecule has 0 aromatic heterocycles.